The molecule has 2 atom stereocenters. The summed E-state index contributed by atoms with van der Waals surface area (Å²) in [5.74, 6) is -6.42. The third kappa shape index (κ3) is 9.26. The molecule has 0 fully saturated rings. The van der Waals surface area contributed by atoms with Gasteiger partial charge >= 0.3 is 29.9 Å². The van der Waals surface area contributed by atoms with Crippen molar-refractivity contribution in [3.63, 3.8) is 0 Å². The lowest BCUT2D eigenvalue weighted by atomic mass is 9.95. The van der Waals surface area contributed by atoms with Crippen molar-refractivity contribution in [2.24, 2.45) is 5.92 Å². The Labute approximate surface area is 228 Å². The van der Waals surface area contributed by atoms with Gasteiger partial charge in [-0.25, -0.2) is 0 Å². The van der Waals surface area contributed by atoms with Gasteiger partial charge in [0.2, 0.25) is 0 Å². The van der Waals surface area contributed by atoms with E-state index in [0.717, 1.165) is 27.7 Å². The second kappa shape index (κ2) is 13.9. The second-order valence-corrected chi connectivity index (χ2v) is 9.07. The van der Waals surface area contributed by atoms with E-state index in [1.165, 1.54) is 5.43 Å². The van der Waals surface area contributed by atoms with Crippen LogP contribution in [0.1, 0.15) is 24.5 Å². The first-order valence-electron chi connectivity index (χ1n) is 12.4. The van der Waals surface area contributed by atoms with Gasteiger partial charge < -0.3 is 10.1 Å². The summed E-state index contributed by atoms with van der Waals surface area (Å²) >= 11 is 0. The highest BCUT2D eigenvalue weighted by Crippen LogP contribution is 2.21. The number of amides is 3. The largest absolute Gasteiger partial charge is 0.472 e. The van der Waals surface area contributed by atoms with Gasteiger partial charge in [-0.15, -0.1) is 0 Å². The Balaban J connectivity index is 1.67. The van der Waals surface area contributed by atoms with Gasteiger partial charge in [0.05, 0.1) is 5.92 Å². The van der Waals surface area contributed by atoms with E-state index in [0.29, 0.717) is 0 Å². The molecule has 3 N–H and O–H groups in total. The number of ether oxygens (including phenoxy) is 1. The molecule has 0 radical (unpaired) electrons. The number of hydrazine groups is 1. The second-order valence-electron chi connectivity index (χ2n) is 9.07. The number of alkyl halides is 3. The fraction of sp³-hybridized carbons (Fsp3) is 0.241. The molecule has 3 aromatic carbocycles. The van der Waals surface area contributed by atoms with Gasteiger partial charge in [-0.05, 0) is 35.1 Å². The van der Waals surface area contributed by atoms with E-state index in [-0.39, 0.29) is 19.4 Å². The Morgan fingerprint density at radius 3 is 1.93 bits per heavy atom. The highest BCUT2D eigenvalue weighted by molar-refractivity contribution is 6.35. The van der Waals surface area contributed by atoms with E-state index >= 15 is 0 Å². The zero-order chi connectivity index (χ0) is 29.1. The molecule has 0 bridgehead atoms. The fourth-order valence-corrected chi connectivity index (χ4v) is 3.83. The molecule has 40 heavy (non-hydrogen) atoms. The molecule has 8 nitrogen and oxygen atoms in total. The van der Waals surface area contributed by atoms with Gasteiger partial charge in [0.1, 0.15) is 6.61 Å². The average Bonchev–Trinajstić information content (AvgIpc) is 2.95. The zero-order valence-corrected chi connectivity index (χ0v) is 21.5. The smallest absolute Gasteiger partial charge is 0.461 e. The number of benzene rings is 3. The number of hydrogen-bond acceptors (Lipinski definition) is 5. The minimum Gasteiger partial charge on any atom is -0.461 e. The molecule has 0 heterocycles. The highest BCUT2D eigenvalue weighted by atomic mass is 19.4. The lowest BCUT2D eigenvalue weighted by molar-refractivity contribution is -0.175. The molecule has 11 heteroatoms. The van der Waals surface area contributed by atoms with Crippen molar-refractivity contribution in [3.05, 3.63) is 96.1 Å². The Kier molecular flexibility index (Phi) is 10.4. The number of esters is 1. The van der Waals surface area contributed by atoms with Crippen LogP contribution in [0.5, 0.6) is 0 Å². The van der Waals surface area contributed by atoms with Gasteiger partial charge in [0.15, 0.2) is 0 Å². The first kappa shape index (κ1) is 29.9. The Morgan fingerprint density at radius 1 is 0.750 bits per heavy atom. The fourth-order valence-electron chi connectivity index (χ4n) is 3.83. The maximum absolute atomic E-state index is 12.6. The topological polar surface area (TPSA) is 114 Å². The van der Waals surface area contributed by atoms with Crippen LogP contribution in [-0.2, 0) is 36.9 Å². The summed E-state index contributed by atoms with van der Waals surface area (Å²) in [6.07, 6.45) is -4.96. The standard InChI is InChI=1S/C29H28F3N3O5/c1-19(27(38)40-18-21-8-4-2-5-9-21)16-24(33-25(36)26(37)34-35-28(39)29(30,31)32)17-20-12-14-23(15-13-20)22-10-6-3-7-11-22/h2-15,19,24H,16-18H2,1H3,(H,33,36)(H,34,37)(H,35,39)/t19-,24+/m1/s1. The number of carbonyl (C=O) groups is 4. The summed E-state index contributed by atoms with van der Waals surface area (Å²) in [4.78, 5) is 48.0. The molecular formula is C29H28F3N3O5. The maximum atomic E-state index is 12.6. The van der Waals surface area contributed by atoms with E-state index in [9.17, 15) is 32.3 Å². The molecule has 3 amide bonds. The highest BCUT2D eigenvalue weighted by Gasteiger charge is 2.39. The maximum Gasteiger partial charge on any atom is 0.472 e. The van der Waals surface area contributed by atoms with Crippen LogP contribution in [0.15, 0.2) is 84.9 Å². The molecule has 210 valence electrons. The number of halogens is 3. The normalized spacial score (nSPS) is 12.5. The molecule has 0 aromatic heterocycles. The Bertz CT molecular complexity index is 1300. The Morgan fingerprint density at radius 2 is 1.32 bits per heavy atom. The number of nitrogens with one attached hydrogen (secondary N) is 3. The third-order valence-corrected chi connectivity index (χ3v) is 5.90. The Hall–Kier alpha value is -4.67. The number of hydrogen-bond donors (Lipinski definition) is 3. The molecule has 0 saturated heterocycles. The van der Waals surface area contributed by atoms with E-state index in [4.69, 9.17) is 4.74 Å². The van der Waals surface area contributed by atoms with Gasteiger partial charge in [0, 0.05) is 6.04 Å². The lowest BCUT2D eigenvalue weighted by Crippen LogP contribution is -2.53. The van der Waals surface area contributed by atoms with Crippen molar-refractivity contribution in [2.75, 3.05) is 0 Å². The van der Waals surface area contributed by atoms with E-state index < -0.39 is 41.8 Å². The molecule has 0 spiro atoms. The van der Waals surface area contributed by atoms with Gasteiger partial charge in [-0.1, -0.05) is 91.9 Å². The van der Waals surface area contributed by atoms with Crippen LogP contribution < -0.4 is 16.2 Å². The molecular weight excluding hydrogens is 527 g/mol. The van der Waals surface area contributed by atoms with Gasteiger partial charge in [-0.3, -0.25) is 30.0 Å². The average molecular weight is 556 g/mol. The SMILES string of the molecule is C[C@H](C[C@@H](Cc1ccc(-c2ccccc2)cc1)NC(=O)C(=O)NNC(=O)C(F)(F)F)C(=O)OCc1ccccc1. The zero-order valence-electron chi connectivity index (χ0n) is 21.5. The summed E-state index contributed by atoms with van der Waals surface area (Å²) in [6.45, 7) is 1.66. The summed E-state index contributed by atoms with van der Waals surface area (Å²) in [7, 11) is 0. The van der Waals surface area contributed by atoms with Crippen LogP contribution in [0, 0.1) is 5.92 Å². The van der Waals surface area contributed by atoms with Crippen LogP contribution in [0.25, 0.3) is 11.1 Å². The van der Waals surface area contributed by atoms with Crippen LogP contribution in [-0.4, -0.2) is 35.9 Å². The molecule has 0 aliphatic rings. The lowest BCUT2D eigenvalue weighted by Gasteiger charge is -2.22. The van der Waals surface area contributed by atoms with Gasteiger partial charge in [-0.2, -0.15) is 13.2 Å². The molecule has 0 aliphatic heterocycles. The first-order chi connectivity index (χ1) is 19.0. The molecule has 0 aliphatic carbocycles. The quantitative estimate of drug-likeness (QED) is 0.211. The predicted octanol–water partition coefficient (Wildman–Crippen LogP) is 3.86. The van der Waals surface area contributed by atoms with Crippen molar-refractivity contribution >= 4 is 23.7 Å². The van der Waals surface area contributed by atoms with Crippen molar-refractivity contribution in [2.45, 2.75) is 38.6 Å². The minimum absolute atomic E-state index is 0.0588. The van der Waals surface area contributed by atoms with Gasteiger partial charge in [0.25, 0.3) is 0 Å². The van der Waals surface area contributed by atoms with E-state index in [1.807, 2.05) is 72.8 Å². The molecule has 0 unspecified atom stereocenters. The summed E-state index contributed by atoms with van der Waals surface area (Å²) in [5, 5.41) is 2.44. The van der Waals surface area contributed by atoms with E-state index in [2.05, 4.69) is 5.32 Å². The number of rotatable bonds is 9. The van der Waals surface area contributed by atoms with E-state index in [1.54, 1.807) is 19.1 Å². The van der Waals surface area contributed by atoms with Crippen molar-refractivity contribution in [1.82, 2.24) is 16.2 Å². The number of carbonyl (C=O) groups excluding carboxylic acids is 4. The minimum atomic E-state index is -5.24. The molecule has 0 saturated carbocycles. The monoisotopic (exact) mass is 555 g/mol. The summed E-state index contributed by atoms with van der Waals surface area (Å²) in [5.41, 5.74) is 6.12. The third-order valence-electron chi connectivity index (χ3n) is 5.90. The first-order valence-corrected chi connectivity index (χ1v) is 12.4. The molecule has 3 rings (SSSR count). The molecule has 3 aromatic rings. The van der Waals surface area contributed by atoms with Crippen LogP contribution in [0.4, 0.5) is 13.2 Å². The van der Waals surface area contributed by atoms with Crippen LogP contribution in [0.3, 0.4) is 0 Å². The van der Waals surface area contributed by atoms with Crippen LogP contribution >= 0.6 is 0 Å². The van der Waals surface area contributed by atoms with Crippen molar-refractivity contribution in [1.29, 1.82) is 0 Å². The van der Waals surface area contributed by atoms with Crippen molar-refractivity contribution < 1.29 is 37.1 Å². The van der Waals surface area contributed by atoms with Crippen molar-refractivity contribution in [3.8, 4) is 11.1 Å². The summed E-state index contributed by atoms with van der Waals surface area (Å²) < 4.78 is 42.5. The predicted molar refractivity (Wildman–Crippen MR) is 140 cm³/mol. The summed E-state index contributed by atoms with van der Waals surface area (Å²) in [6, 6.07) is 25.4. The van der Waals surface area contributed by atoms with Crippen LogP contribution in [0.2, 0.25) is 0 Å².